The Labute approximate surface area is 142 Å². The van der Waals surface area contributed by atoms with Crippen molar-refractivity contribution in [3.63, 3.8) is 0 Å². The Kier molecular flexibility index (Phi) is 4.64. The quantitative estimate of drug-likeness (QED) is 0.860. The number of benzene rings is 1. The molecule has 0 amide bonds. The maximum absolute atomic E-state index is 5.99. The molecule has 3 nitrogen and oxygen atoms in total. The molecule has 0 spiro atoms. The third-order valence-electron chi connectivity index (χ3n) is 4.96. The summed E-state index contributed by atoms with van der Waals surface area (Å²) in [6.45, 7) is 6.66. The van der Waals surface area contributed by atoms with E-state index >= 15 is 0 Å². The lowest BCUT2D eigenvalue weighted by molar-refractivity contribution is 0.121. The van der Waals surface area contributed by atoms with E-state index in [4.69, 9.17) is 4.74 Å². The van der Waals surface area contributed by atoms with Crippen LogP contribution < -0.4 is 4.74 Å². The molecule has 1 fully saturated rings. The lowest BCUT2D eigenvalue weighted by Gasteiger charge is -2.34. The average Bonchev–Trinajstić information content (AvgIpc) is 2.99. The van der Waals surface area contributed by atoms with Crippen molar-refractivity contribution in [1.29, 1.82) is 0 Å². The molecular weight excluding hydrogens is 304 g/mol. The molecule has 0 radical (unpaired) electrons. The fraction of sp³-hybridized carbons (Fsp3) is 0.474. The maximum atomic E-state index is 5.99. The number of hydrogen-bond donors (Lipinski definition) is 0. The highest BCUT2D eigenvalue weighted by molar-refractivity contribution is 7.09. The second-order valence-electron chi connectivity index (χ2n) is 6.52. The zero-order valence-electron chi connectivity index (χ0n) is 13.5. The van der Waals surface area contributed by atoms with E-state index in [1.54, 1.807) is 0 Å². The zero-order valence-corrected chi connectivity index (χ0v) is 14.3. The third kappa shape index (κ3) is 3.60. The van der Waals surface area contributed by atoms with E-state index in [1.165, 1.54) is 30.0 Å². The first kappa shape index (κ1) is 15.2. The molecule has 4 heteroatoms. The molecule has 1 aromatic heterocycles. The van der Waals surface area contributed by atoms with Gasteiger partial charge in [-0.2, -0.15) is 0 Å². The minimum absolute atomic E-state index is 0.534. The molecule has 1 atom stereocenters. The molecule has 4 rings (SSSR count). The highest BCUT2D eigenvalue weighted by Gasteiger charge is 2.26. The minimum atomic E-state index is 0.534. The Bertz CT molecular complexity index is 628. The van der Waals surface area contributed by atoms with Crippen LogP contribution in [0.15, 0.2) is 41.8 Å². The van der Waals surface area contributed by atoms with Gasteiger partial charge in [0.15, 0.2) is 0 Å². The number of fused-ring (bicyclic) bond motifs is 1. The molecule has 2 aliphatic rings. The van der Waals surface area contributed by atoms with Gasteiger partial charge in [0.05, 0.1) is 0 Å². The highest BCUT2D eigenvalue weighted by Crippen LogP contribution is 2.26. The second kappa shape index (κ2) is 7.04. The van der Waals surface area contributed by atoms with Crippen LogP contribution in [0.3, 0.4) is 0 Å². The molecule has 2 aliphatic heterocycles. The average molecular weight is 328 g/mol. The van der Waals surface area contributed by atoms with Gasteiger partial charge < -0.3 is 4.74 Å². The van der Waals surface area contributed by atoms with Crippen LogP contribution in [0.4, 0.5) is 0 Å². The Morgan fingerprint density at radius 2 is 2.00 bits per heavy atom. The first-order valence-corrected chi connectivity index (χ1v) is 9.46. The molecule has 1 aromatic carbocycles. The van der Waals surface area contributed by atoms with Crippen molar-refractivity contribution in [3.8, 4) is 5.75 Å². The van der Waals surface area contributed by atoms with Crippen molar-refractivity contribution in [2.45, 2.75) is 25.4 Å². The topological polar surface area (TPSA) is 15.7 Å². The zero-order chi connectivity index (χ0) is 15.5. The van der Waals surface area contributed by atoms with E-state index in [1.807, 2.05) is 11.3 Å². The number of nitrogens with zero attached hydrogens (tertiary/aromatic N) is 2. The Balaban J connectivity index is 1.36. The molecule has 1 unspecified atom stereocenters. The van der Waals surface area contributed by atoms with Gasteiger partial charge in [-0.3, -0.25) is 9.80 Å². The second-order valence-corrected chi connectivity index (χ2v) is 7.55. The Morgan fingerprint density at radius 3 is 2.91 bits per heavy atom. The SMILES string of the molecule is c1csc(CN2CCCN(C3COc4ccccc4C3)CC2)c1. The summed E-state index contributed by atoms with van der Waals surface area (Å²) in [5, 5.41) is 2.18. The van der Waals surface area contributed by atoms with E-state index in [0.717, 1.165) is 38.4 Å². The van der Waals surface area contributed by atoms with Gasteiger partial charge in [-0.1, -0.05) is 24.3 Å². The number of rotatable bonds is 3. The number of hydrogen-bond acceptors (Lipinski definition) is 4. The summed E-state index contributed by atoms with van der Waals surface area (Å²) < 4.78 is 5.99. The van der Waals surface area contributed by atoms with Crippen LogP contribution in [-0.4, -0.2) is 48.6 Å². The number of thiophene rings is 1. The maximum Gasteiger partial charge on any atom is 0.122 e. The summed E-state index contributed by atoms with van der Waals surface area (Å²) in [5.74, 6) is 1.08. The predicted octanol–water partition coefficient (Wildman–Crippen LogP) is 3.26. The number of ether oxygens (including phenoxy) is 1. The minimum Gasteiger partial charge on any atom is -0.492 e. The van der Waals surface area contributed by atoms with Crippen LogP contribution >= 0.6 is 11.3 Å². The lowest BCUT2D eigenvalue weighted by atomic mass is 10.0. The monoisotopic (exact) mass is 328 g/mol. The molecule has 2 aromatic rings. The highest BCUT2D eigenvalue weighted by atomic mass is 32.1. The molecule has 3 heterocycles. The standard InChI is InChI=1S/C19H24N2OS/c1-2-7-19-16(5-1)13-17(15-22-19)21-9-4-8-20(10-11-21)14-18-6-3-12-23-18/h1-3,5-7,12,17H,4,8-11,13-15H2. The van der Waals surface area contributed by atoms with Gasteiger partial charge >= 0.3 is 0 Å². The molecule has 0 N–H and O–H groups in total. The van der Waals surface area contributed by atoms with Crippen LogP contribution in [0.5, 0.6) is 5.75 Å². The van der Waals surface area contributed by atoms with Crippen LogP contribution in [0.1, 0.15) is 16.9 Å². The van der Waals surface area contributed by atoms with E-state index in [2.05, 4.69) is 51.6 Å². The molecular formula is C19H24N2OS. The van der Waals surface area contributed by atoms with Crippen molar-refractivity contribution in [2.24, 2.45) is 0 Å². The fourth-order valence-corrected chi connectivity index (χ4v) is 4.43. The molecule has 0 aliphatic carbocycles. The van der Waals surface area contributed by atoms with Gasteiger partial charge in [0.1, 0.15) is 12.4 Å². The van der Waals surface area contributed by atoms with Gasteiger partial charge in [0.25, 0.3) is 0 Å². The molecule has 122 valence electrons. The molecule has 0 saturated carbocycles. The summed E-state index contributed by atoms with van der Waals surface area (Å²) in [4.78, 5) is 6.72. The van der Waals surface area contributed by atoms with Crippen molar-refractivity contribution < 1.29 is 4.74 Å². The van der Waals surface area contributed by atoms with Crippen LogP contribution in [0, 0.1) is 0 Å². The van der Waals surface area contributed by atoms with Crippen LogP contribution in [0.2, 0.25) is 0 Å². The molecule has 0 bridgehead atoms. The smallest absolute Gasteiger partial charge is 0.122 e. The molecule has 1 saturated heterocycles. The Morgan fingerprint density at radius 1 is 1.04 bits per heavy atom. The molecule has 23 heavy (non-hydrogen) atoms. The van der Waals surface area contributed by atoms with E-state index in [9.17, 15) is 0 Å². The van der Waals surface area contributed by atoms with Crippen molar-refractivity contribution in [2.75, 3.05) is 32.8 Å². The largest absolute Gasteiger partial charge is 0.492 e. The van der Waals surface area contributed by atoms with E-state index in [0.29, 0.717) is 6.04 Å². The van der Waals surface area contributed by atoms with Gasteiger partial charge in [-0.25, -0.2) is 0 Å². The summed E-state index contributed by atoms with van der Waals surface area (Å²) >= 11 is 1.87. The summed E-state index contributed by atoms with van der Waals surface area (Å²) in [5.41, 5.74) is 1.36. The van der Waals surface area contributed by atoms with Crippen molar-refractivity contribution in [3.05, 3.63) is 52.2 Å². The summed E-state index contributed by atoms with van der Waals surface area (Å²) in [6, 6.07) is 13.4. The van der Waals surface area contributed by atoms with Gasteiger partial charge in [0.2, 0.25) is 0 Å². The summed E-state index contributed by atoms with van der Waals surface area (Å²) in [6.07, 6.45) is 2.38. The Hall–Kier alpha value is -1.36. The van der Waals surface area contributed by atoms with Gasteiger partial charge in [0, 0.05) is 30.6 Å². The fourth-order valence-electron chi connectivity index (χ4n) is 3.68. The van der Waals surface area contributed by atoms with Gasteiger partial charge in [-0.15, -0.1) is 11.3 Å². The van der Waals surface area contributed by atoms with E-state index in [-0.39, 0.29) is 0 Å². The predicted molar refractivity (Wildman–Crippen MR) is 95.2 cm³/mol. The van der Waals surface area contributed by atoms with Crippen molar-refractivity contribution >= 4 is 11.3 Å². The van der Waals surface area contributed by atoms with Crippen LogP contribution in [0.25, 0.3) is 0 Å². The summed E-state index contributed by atoms with van der Waals surface area (Å²) in [7, 11) is 0. The number of para-hydroxylation sites is 1. The van der Waals surface area contributed by atoms with Gasteiger partial charge in [-0.05, 0) is 49.0 Å². The first-order chi connectivity index (χ1) is 11.4. The van der Waals surface area contributed by atoms with Crippen LogP contribution in [-0.2, 0) is 13.0 Å². The third-order valence-corrected chi connectivity index (χ3v) is 5.82. The lowest BCUT2D eigenvalue weighted by Crippen LogP contribution is -2.44. The van der Waals surface area contributed by atoms with Crippen molar-refractivity contribution in [1.82, 2.24) is 9.80 Å². The normalized spacial score (nSPS) is 23.0. The van der Waals surface area contributed by atoms with E-state index < -0.39 is 0 Å². The first-order valence-electron chi connectivity index (χ1n) is 8.58.